The fourth-order valence-corrected chi connectivity index (χ4v) is 2.66. The van der Waals surface area contributed by atoms with Gasteiger partial charge >= 0.3 is 11.9 Å². The molecule has 6 heteroatoms. The highest BCUT2D eigenvalue weighted by atomic mass is 35.5. The zero-order valence-electron chi connectivity index (χ0n) is 12.6. The highest BCUT2D eigenvalue weighted by Gasteiger charge is 2.37. The maximum Gasteiger partial charge on any atom is 0.318 e. The van der Waals surface area contributed by atoms with Gasteiger partial charge in [-0.25, -0.2) is 0 Å². The number of carbonyl (C=O) groups excluding carboxylic acids is 1. The van der Waals surface area contributed by atoms with Gasteiger partial charge in [0.2, 0.25) is 0 Å². The molecule has 0 bridgehead atoms. The molecular weight excluding hydrogens is 332 g/mol. The summed E-state index contributed by atoms with van der Waals surface area (Å²) in [6.45, 7) is 0. The van der Waals surface area contributed by atoms with Gasteiger partial charge in [-0.3, -0.25) is 14.4 Å². The molecule has 0 saturated heterocycles. The second kappa shape index (κ2) is 7.75. The number of benzene rings is 2. The summed E-state index contributed by atoms with van der Waals surface area (Å²) in [5.41, 5.74) is 0.851. The maximum atomic E-state index is 12.5. The van der Waals surface area contributed by atoms with Crippen molar-refractivity contribution in [3.63, 3.8) is 0 Å². The lowest BCUT2D eigenvalue weighted by atomic mass is 9.81. The fraction of sp³-hybridized carbons (Fsp3) is 0.167. The summed E-state index contributed by atoms with van der Waals surface area (Å²) >= 11 is 5.78. The Morgan fingerprint density at radius 3 is 1.92 bits per heavy atom. The summed E-state index contributed by atoms with van der Waals surface area (Å²) in [5.74, 6) is -5.96. The first-order valence-corrected chi connectivity index (χ1v) is 7.57. The van der Waals surface area contributed by atoms with Crippen LogP contribution in [0.4, 0.5) is 0 Å². The number of ketones is 1. The molecule has 0 radical (unpaired) electrons. The van der Waals surface area contributed by atoms with E-state index in [4.69, 9.17) is 11.6 Å². The van der Waals surface area contributed by atoms with E-state index >= 15 is 0 Å². The number of carbonyl (C=O) groups is 3. The molecular formula is C18H15ClO5. The molecule has 2 aromatic carbocycles. The number of Topliss-reactive ketones (excluding diaryl/α,β-unsaturated/α-hetero) is 1. The van der Waals surface area contributed by atoms with Gasteiger partial charge in [0.15, 0.2) is 11.7 Å². The molecule has 24 heavy (non-hydrogen) atoms. The molecule has 0 spiro atoms. The van der Waals surface area contributed by atoms with Crippen molar-refractivity contribution in [1.29, 1.82) is 0 Å². The van der Waals surface area contributed by atoms with E-state index in [1.807, 2.05) is 0 Å². The molecule has 2 N–H and O–H groups in total. The van der Waals surface area contributed by atoms with Gasteiger partial charge in [0, 0.05) is 22.9 Å². The predicted molar refractivity (Wildman–Crippen MR) is 88.3 cm³/mol. The van der Waals surface area contributed by atoms with E-state index in [1.165, 1.54) is 12.1 Å². The zero-order valence-corrected chi connectivity index (χ0v) is 13.3. The minimum atomic E-state index is -1.70. The summed E-state index contributed by atoms with van der Waals surface area (Å²) in [6.07, 6.45) is -0.227. The van der Waals surface area contributed by atoms with Crippen LogP contribution in [-0.4, -0.2) is 27.9 Å². The summed E-state index contributed by atoms with van der Waals surface area (Å²) in [7, 11) is 0. The highest BCUT2D eigenvalue weighted by molar-refractivity contribution is 6.30. The van der Waals surface area contributed by atoms with E-state index in [2.05, 4.69) is 0 Å². The van der Waals surface area contributed by atoms with Gasteiger partial charge in [-0.05, 0) is 29.8 Å². The maximum absolute atomic E-state index is 12.5. The molecule has 0 aliphatic rings. The van der Waals surface area contributed by atoms with Crippen molar-refractivity contribution in [2.75, 3.05) is 0 Å². The van der Waals surface area contributed by atoms with Gasteiger partial charge in [0.25, 0.3) is 0 Å². The predicted octanol–water partition coefficient (Wildman–Crippen LogP) is 3.48. The molecule has 2 rings (SSSR count). The lowest BCUT2D eigenvalue weighted by Gasteiger charge is -2.21. The molecule has 2 aromatic rings. The molecule has 1 atom stereocenters. The lowest BCUT2D eigenvalue weighted by Crippen LogP contribution is -2.31. The van der Waals surface area contributed by atoms with E-state index in [0.717, 1.165) is 0 Å². The van der Waals surface area contributed by atoms with Crippen LogP contribution < -0.4 is 0 Å². The van der Waals surface area contributed by atoms with E-state index in [0.29, 0.717) is 16.1 Å². The Bertz CT molecular complexity index is 726. The van der Waals surface area contributed by atoms with Crippen molar-refractivity contribution < 1.29 is 24.6 Å². The first-order valence-electron chi connectivity index (χ1n) is 7.19. The molecule has 0 heterocycles. The van der Waals surface area contributed by atoms with Crippen LogP contribution in [0.5, 0.6) is 0 Å². The van der Waals surface area contributed by atoms with Crippen LogP contribution in [0, 0.1) is 5.92 Å². The van der Waals surface area contributed by atoms with Crippen LogP contribution in [0.25, 0.3) is 0 Å². The van der Waals surface area contributed by atoms with Crippen LogP contribution >= 0.6 is 11.6 Å². The van der Waals surface area contributed by atoms with Crippen LogP contribution in [0.1, 0.15) is 28.3 Å². The number of aliphatic carboxylic acids is 2. The first-order chi connectivity index (χ1) is 11.4. The van der Waals surface area contributed by atoms with E-state index < -0.39 is 23.8 Å². The van der Waals surface area contributed by atoms with Crippen LogP contribution in [0.15, 0.2) is 54.6 Å². The van der Waals surface area contributed by atoms with Crippen LogP contribution in [0.2, 0.25) is 5.02 Å². The Labute approximate surface area is 143 Å². The Hall–Kier alpha value is -2.66. The standard InChI is InChI=1S/C18H15ClO5/c19-13-8-6-12(7-9-13)15(20)10-14(11-4-2-1-3-5-11)16(17(21)22)18(23)24/h1-9,14,16H,10H2,(H,21,22)(H,23,24). The molecule has 0 amide bonds. The smallest absolute Gasteiger partial charge is 0.318 e. The molecule has 0 aromatic heterocycles. The largest absolute Gasteiger partial charge is 0.481 e. The van der Waals surface area contributed by atoms with Crippen molar-refractivity contribution >= 4 is 29.3 Å². The number of halogens is 1. The summed E-state index contributed by atoms with van der Waals surface area (Å²) in [5, 5.41) is 19.0. The average molecular weight is 347 g/mol. The Morgan fingerprint density at radius 2 is 1.42 bits per heavy atom. The third-order valence-corrected chi connectivity index (χ3v) is 3.99. The summed E-state index contributed by atoms with van der Waals surface area (Å²) < 4.78 is 0. The SMILES string of the molecule is O=C(CC(c1ccccc1)C(C(=O)O)C(=O)O)c1ccc(Cl)cc1. The van der Waals surface area contributed by atoms with Crippen LogP contribution in [0.3, 0.4) is 0 Å². The Morgan fingerprint density at radius 1 is 0.875 bits per heavy atom. The molecule has 1 unspecified atom stereocenters. The number of carboxylic acid groups (broad SMARTS) is 2. The van der Waals surface area contributed by atoms with E-state index in [9.17, 15) is 24.6 Å². The fourth-order valence-electron chi connectivity index (χ4n) is 2.53. The second-order valence-corrected chi connectivity index (χ2v) is 5.74. The van der Waals surface area contributed by atoms with Crippen molar-refractivity contribution in [2.45, 2.75) is 12.3 Å². The van der Waals surface area contributed by atoms with Gasteiger partial charge < -0.3 is 10.2 Å². The van der Waals surface area contributed by atoms with Gasteiger partial charge in [-0.1, -0.05) is 41.9 Å². The normalized spacial score (nSPS) is 11.9. The van der Waals surface area contributed by atoms with Crippen molar-refractivity contribution in [3.05, 3.63) is 70.7 Å². The molecule has 0 aliphatic carbocycles. The number of hydrogen-bond acceptors (Lipinski definition) is 3. The summed E-state index contributed by atoms with van der Waals surface area (Å²) in [6, 6.07) is 14.5. The van der Waals surface area contributed by atoms with Crippen molar-refractivity contribution in [2.24, 2.45) is 5.92 Å². The highest BCUT2D eigenvalue weighted by Crippen LogP contribution is 2.30. The monoisotopic (exact) mass is 346 g/mol. The van der Waals surface area contributed by atoms with Gasteiger partial charge in [-0.2, -0.15) is 0 Å². The van der Waals surface area contributed by atoms with Crippen molar-refractivity contribution in [1.82, 2.24) is 0 Å². The van der Waals surface area contributed by atoms with Gasteiger partial charge in [-0.15, -0.1) is 0 Å². The van der Waals surface area contributed by atoms with Gasteiger partial charge in [0.1, 0.15) is 0 Å². The van der Waals surface area contributed by atoms with E-state index in [-0.39, 0.29) is 12.2 Å². The quantitative estimate of drug-likeness (QED) is 0.591. The second-order valence-electron chi connectivity index (χ2n) is 5.31. The Balaban J connectivity index is 2.35. The first kappa shape index (κ1) is 17.7. The summed E-state index contributed by atoms with van der Waals surface area (Å²) in [4.78, 5) is 35.3. The zero-order chi connectivity index (χ0) is 17.7. The number of rotatable bonds is 7. The average Bonchev–Trinajstić information content (AvgIpc) is 2.55. The lowest BCUT2D eigenvalue weighted by molar-refractivity contribution is -0.155. The molecule has 5 nitrogen and oxygen atoms in total. The third kappa shape index (κ3) is 4.20. The Kier molecular flexibility index (Phi) is 5.71. The molecule has 124 valence electrons. The van der Waals surface area contributed by atoms with Gasteiger partial charge in [0.05, 0.1) is 0 Å². The topological polar surface area (TPSA) is 91.7 Å². The number of carboxylic acids is 2. The molecule has 0 fully saturated rings. The third-order valence-electron chi connectivity index (χ3n) is 3.73. The van der Waals surface area contributed by atoms with E-state index in [1.54, 1.807) is 42.5 Å². The minimum absolute atomic E-state index is 0.227. The molecule has 0 saturated carbocycles. The van der Waals surface area contributed by atoms with Crippen molar-refractivity contribution in [3.8, 4) is 0 Å². The molecule has 0 aliphatic heterocycles. The minimum Gasteiger partial charge on any atom is -0.481 e. The van der Waals surface area contributed by atoms with Crippen LogP contribution in [-0.2, 0) is 9.59 Å². The number of hydrogen-bond donors (Lipinski definition) is 2.